The Morgan fingerprint density at radius 1 is 1.27 bits per heavy atom. The molecule has 3 rings (SSSR count). The average Bonchev–Trinajstić information content (AvgIpc) is 2.88. The molecule has 22 heavy (non-hydrogen) atoms. The van der Waals surface area contributed by atoms with Crippen LogP contribution in [0.5, 0.6) is 5.75 Å². The maximum Gasteiger partial charge on any atom is 0.222 e. The van der Waals surface area contributed by atoms with Gasteiger partial charge in [-0.2, -0.15) is 5.10 Å². The SMILES string of the molecule is COc1cc(-c2ccc3nc(NC(C)=O)cn3n2)ccc1C. The third-order valence-electron chi connectivity index (χ3n) is 3.33. The van der Waals surface area contributed by atoms with Crippen LogP contribution in [-0.2, 0) is 4.79 Å². The van der Waals surface area contributed by atoms with Crippen LogP contribution in [0.15, 0.2) is 36.5 Å². The molecular formula is C16H16N4O2. The minimum Gasteiger partial charge on any atom is -0.496 e. The molecule has 2 aromatic heterocycles. The molecule has 0 saturated heterocycles. The van der Waals surface area contributed by atoms with Crippen molar-refractivity contribution in [2.75, 3.05) is 12.4 Å². The third kappa shape index (κ3) is 2.63. The fourth-order valence-electron chi connectivity index (χ4n) is 2.26. The van der Waals surface area contributed by atoms with E-state index in [0.717, 1.165) is 22.6 Å². The molecular weight excluding hydrogens is 280 g/mol. The van der Waals surface area contributed by atoms with Gasteiger partial charge in [-0.25, -0.2) is 9.50 Å². The zero-order valence-corrected chi connectivity index (χ0v) is 12.6. The Kier molecular flexibility index (Phi) is 3.50. The largest absolute Gasteiger partial charge is 0.496 e. The molecule has 2 heterocycles. The van der Waals surface area contributed by atoms with Gasteiger partial charge in [0.05, 0.1) is 19.0 Å². The van der Waals surface area contributed by atoms with Crippen molar-refractivity contribution in [1.29, 1.82) is 0 Å². The van der Waals surface area contributed by atoms with Crippen LogP contribution in [-0.4, -0.2) is 27.6 Å². The molecule has 0 radical (unpaired) electrons. The average molecular weight is 296 g/mol. The van der Waals surface area contributed by atoms with Gasteiger partial charge in [-0.05, 0) is 30.7 Å². The van der Waals surface area contributed by atoms with Crippen LogP contribution in [0.3, 0.4) is 0 Å². The summed E-state index contributed by atoms with van der Waals surface area (Å²) in [6, 6.07) is 9.70. The number of hydrogen-bond acceptors (Lipinski definition) is 4. The molecule has 0 aliphatic carbocycles. The van der Waals surface area contributed by atoms with Crippen molar-refractivity contribution in [1.82, 2.24) is 14.6 Å². The molecule has 0 saturated carbocycles. The first-order chi connectivity index (χ1) is 10.6. The number of rotatable bonds is 3. The van der Waals surface area contributed by atoms with E-state index in [1.807, 2.05) is 37.3 Å². The summed E-state index contributed by atoms with van der Waals surface area (Å²) >= 11 is 0. The number of carbonyl (C=O) groups excluding carboxylic acids is 1. The van der Waals surface area contributed by atoms with Crippen molar-refractivity contribution in [3.63, 3.8) is 0 Å². The summed E-state index contributed by atoms with van der Waals surface area (Å²) in [7, 11) is 1.65. The predicted molar refractivity (Wildman–Crippen MR) is 84.0 cm³/mol. The number of imidazole rings is 1. The van der Waals surface area contributed by atoms with Crippen LogP contribution in [0, 0.1) is 6.92 Å². The summed E-state index contributed by atoms with van der Waals surface area (Å²) in [5, 5.41) is 7.17. The van der Waals surface area contributed by atoms with Gasteiger partial charge >= 0.3 is 0 Å². The van der Waals surface area contributed by atoms with E-state index in [1.165, 1.54) is 6.92 Å². The zero-order valence-electron chi connectivity index (χ0n) is 12.6. The molecule has 0 atom stereocenters. The summed E-state index contributed by atoms with van der Waals surface area (Å²) in [4.78, 5) is 15.4. The van der Waals surface area contributed by atoms with Crippen LogP contribution in [0.1, 0.15) is 12.5 Å². The minimum absolute atomic E-state index is 0.160. The number of nitrogens with zero attached hydrogens (tertiary/aromatic N) is 3. The lowest BCUT2D eigenvalue weighted by atomic mass is 10.1. The molecule has 0 spiro atoms. The zero-order chi connectivity index (χ0) is 15.7. The molecule has 112 valence electrons. The molecule has 1 aromatic carbocycles. The van der Waals surface area contributed by atoms with E-state index in [9.17, 15) is 4.79 Å². The van der Waals surface area contributed by atoms with E-state index in [4.69, 9.17) is 4.74 Å². The van der Waals surface area contributed by atoms with Gasteiger partial charge in [0.1, 0.15) is 5.75 Å². The lowest BCUT2D eigenvalue weighted by molar-refractivity contribution is -0.114. The number of aryl methyl sites for hydroxylation is 1. The molecule has 0 bridgehead atoms. The maximum absolute atomic E-state index is 11.1. The predicted octanol–water partition coefficient (Wildman–Crippen LogP) is 2.67. The van der Waals surface area contributed by atoms with E-state index in [0.29, 0.717) is 11.5 Å². The first-order valence-corrected chi connectivity index (χ1v) is 6.86. The molecule has 6 nitrogen and oxygen atoms in total. The molecule has 0 fully saturated rings. The van der Waals surface area contributed by atoms with E-state index in [-0.39, 0.29) is 5.91 Å². The second kappa shape index (κ2) is 5.48. The van der Waals surface area contributed by atoms with E-state index in [2.05, 4.69) is 15.4 Å². The van der Waals surface area contributed by atoms with E-state index in [1.54, 1.807) is 17.8 Å². The van der Waals surface area contributed by atoms with Gasteiger partial charge in [0, 0.05) is 12.5 Å². The fraction of sp³-hybridized carbons (Fsp3) is 0.188. The number of hydrogen-bond donors (Lipinski definition) is 1. The number of methoxy groups -OCH3 is 1. The van der Waals surface area contributed by atoms with Gasteiger partial charge in [0.15, 0.2) is 11.5 Å². The number of aromatic nitrogens is 3. The third-order valence-corrected chi connectivity index (χ3v) is 3.33. The van der Waals surface area contributed by atoms with Crippen LogP contribution in [0.25, 0.3) is 16.9 Å². The maximum atomic E-state index is 11.1. The molecule has 0 aliphatic rings. The van der Waals surface area contributed by atoms with Crippen molar-refractivity contribution in [3.8, 4) is 17.0 Å². The molecule has 6 heteroatoms. The number of carbonyl (C=O) groups is 1. The summed E-state index contributed by atoms with van der Waals surface area (Å²) in [5.74, 6) is 1.15. The smallest absolute Gasteiger partial charge is 0.222 e. The second-order valence-electron chi connectivity index (χ2n) is 5.01. The number of fused-ring (bicyclic) bond motifs is 1. The number of nitrogens with one attached hydrogen (secondary N) is 1. The molecule has 3 aromatic rings. The molecule has 1 N–H and O–H groups in total. The highest BCUT2D eigenvalue weighted by atomic mass is 16.5. The molecule has 1 amide bonds. The Morgan fingerprint density at radius 2 is 2.09 bits per heavy atom. The van der Waals surface area contributed by atoms with Gasteiger partial charge < -0.3 is 10.1 Å². The van der Waals surface area contributed by atoms with Crippen LogP contribution in [0.4, 0.5) is 5.82 Å². The lowest BCUT2D eigenvalue weighted by Crippen LogP contribution is -2.05. The summed E-state index contributed by atoms with van der Waals surface area (Å²) in [5.41, 5.74) is 3.51. The topological polar surface area (TPSA) is 68.5 Å². The second-order valence-corrected chi connectivity index (χ2v) is 5.01. The Labute approximate surface area is 127 Å². The van der Waals surface area contributed by atoms with E-state index >= 15 is 0 Å². The minimum atomic E-state index is -0.160. The van der Waals surface area contributed by atoms with Crippen molar-refractivity contribution in [2.45, 2.75) is 13.8 Å². The van der Waals surface area contributed by atoms with Crippen LogP contribution < -0.4 is 10.1 Å². The van der Waals surface area contributed by atoms with Crippen molar-refractivity contribution in [2.24, 2.45) is 0 Å². The van der Waals surface area contributed by atoms with Gasteiger partial charge in [-0.1, -0.05) is 12.1 Å². The standard InChI is InChI=1S/C16H16N4O2/c1-10-4-5-12(8-14(10)22-3)13-6-7-16-18-15(17-11(2)21)9-20(16)19-13/h4-9H,1-3H3,(H,17,21). The Balaban J connectivity index is 2.02. The highest BCUT2D eigenvalue weighted by molar-refractivity contribution is 5.87. The monoisotopic (exact) mass is 296 g/mol. The fourth-order valence-corrected chi connectivity index (χ4v) is 2.26. The lowest BCUT2D eigenvalue weighted by Gasteiger charge is -2.07. The van der Waals surface area contributed by atoms with Gasteiger partial charge in [-0.15, -0.1) is 0 Å². The number of amides is 1. The van der Waals surface area contributed by atoms with Crippen molar-refractivity contribution in [3.05, 3.63) is 42.1 Å². The van der Waals surface area contributed by atoms with Crippen molar-refractivity contribution < 1.29 is 9.53 Å². The number of benzene rings is 1. The van der Waals surface area contributed by atoms with Gasteiger partial charge in [0.2, 0.25) is 5.91 Å². The molecule has 0 aliphatic heterocycles. The van der Waals surface area contributed by atoms with Crippen LogP contribution >= 0.6 is 0 Å². The quantitative estimate of drug-likeness (QED) is 0.807. The first kappa shape index (κ1) is 14.1. The summed E-state index contributed by atoms with van der Waals surface area (Å²) in [6.07, 6.45) is 1.69. The van der Waals surface area contributed by atoms with E-state index < -0.39 is 0 Å². The number of anilines is 1. The highest BCUT2D eigenvalue weighted by Crippen LogP contribution is 2.25. The summed E-state index contributed by atoms with van der Waals surface area (Å²) in [6.45, 7) is 3.44. The van der Waals surface area contributed by atoms with Crippen LogP contribution in [0.2, 0.25) is 0 Å². The van der Waals surface area contributed by atoms with Gasteiger partial charge in [-0.3, -0.25) is 4.79 Å². The van der Waals surface area contributed by atoms with Crippen molar-refractivity contribution >= 4 is 17.4 Å². The first-order valence-electron chi connectivity index (χ1n) is 6.86. The van der Waals surface area contributed by atoms with Gasteiger partial charge in [0.25, 0.3) is 0 Å². The normalized spacial score (nSPS) is 10.7. The Morgan fingerprint density at radius 3 is 2.82 bits per heavy atom. The number of ether oxygens (including phenoxy) is 1. The highest BCUT2D eigenvalue weighted by Gasteiger charge is 2.08. The molecule has 0 unspecified atom stereocenters. The Bertz CT molecular complexity index is 854. The Hall–Kier alpha value is -2.89. The summed E-state index contributed by atoms with van der Waals surface area (Å²) < 4.78 is 6.99.